The first-order chi connectivity index (χ1) is 14.8. The zero-order valence-corrected chi connectivity index (χ0v) is 17.1. The van der Waals surface area contributed by atoms with Crippen molar-refractivity contribution < 1.29 is 31.8 Å². The van der Waals surface area contributed by atoms with E-state index in [1.165, 1.54) is 36.4 Å². The van der Waals surface area contributed by atoms with Gasteiger partial charge in [-0.3, -0.25) is 0 Å². The molecule has 2 aromatic rings. The lowest BCUT2D eigenvalue weighted by molar-refractivity contribution is -0.162. The van der Waals surface area contributed by atoms with Crippen LogP contribution in [0.1, 0.15) is 24.8 Å². The van der Waals surface area contributed by atoms with Crippen LogP contribution < -0.4 is 9.47 Å². The van der Waals surface area contributed by atoms with Gasteiger partial charge in [0.25, 0.3) is 5.85 Å². The van der Waals surface area contributed by atoms with Crippen LogP contribution in [0.5, 0.6) is 11.5 Å². The molecule has 0 saturated heterocycles. The molecule has 31 heavy (non-hydrogen) atoms. The van der Waals surface area contributed by atoms with Crippen LogP contribution in [-0.4, -0.2) is 31.9 Å². The molecule has 0 aromatic heterocycles. The molecule has 7 heteroatoms. The summed E-state index contributed by atoms with van der Waals surface area (Å²) in [6.45, 7) is 1.53. The third kappa shape index (κ3) is 6.59. The predicted molar refractivity (Wildman–Crippen MR) is 110 cm³/mol. The second-order valence-corrected chi connectivity index (χ2v) is 7.17. The molecule has 0 N–H and O–H groups in total. The molecule has 2 aromatic carbocycles. The Morgan fingerprint density at radius 2 is 1.71 bits per heavy atom. The number of halogens is 4. The number of benzene rings is 2. The second-order valence-electron chi connectivity index (χ2n) is 7.17. The Morgan fingerprint density at radius 3 is 2.35 bits per heavy atom. The molecule has 3 nitrogen and oxygen atoms in total. The number of hydrogen-bond donors (Lipinski definition) is 0. The summed E-state index contributed by atoms with van der Waals surface area (Å²) in [6, 6.07) is 14.3. The first kappa shape index (κ1) is 22.9. The highest BCUT2D eigenvalue weighted by Gasteiger charge is 2.41. The van der Waals surface area contributed by atoms with E-state index in [4.69, 9.17) is 14.2 Å². The van der Waals surface area contributed by atoms with Gasteiger partial charge in [0.15, 0.2) is 0 Å². The van der Waals surface area contributed by atoms with Gasteiger partial charge < -0.3 is 14.2 Å². The fourth-order valence-corrected chi connectivity index (χ4v) is 3.26. The van der Waals surface area contributed by atoms with Crippen LogP contribution in [-0.2, 0) is 4.74 Å². The summed E-state index contributed by atoms with van der Waals surface area (Å²) in [7, 11) is 0. The van der Waals surface area contributed by atoms with E-state index in [1.54, 1.807) is 43.3 Å². The van der Waals surface area contributed by atoms with Gasteiger partial charge in [-0.1, -0.05) is 42.5 Å². The molecule has 0 radical (unpaired) electrons. The van der Waals surface area contributed by atoms with E-state index in [0.29, 0.717) is 23.7 Å². The van der Waals surface area contributed by atoms with Crippen LogP contribution in [0.3, 0.4) is 0 Å². The maximum absolute atomic E-state index is 15.1. The largest absolute Gasteiger partial charge is 0.494 e. The minimum absolute atomic E-state index is 0.0840. The van der Waals surface area contributed by atoms with Gasteiger partial charge in [-0.15, -0.1) is 0 Å². The smallest absolute Gasteiger partial charge is 0.397 e. The Hall–Kier alpha value is -2.80. The number of para-hydroxylation sites is 1. The molecule has 0 bridgehead atoms. The maximum Gasteiger partial charge on any atom is 0.397 e. The van der Waals surface area contributed by atoms with Crippen molar-refractivity contribution in [3.63, 3.8) is 0 Å². The van der Waals surface area contributed by atoms with Crippen molar-refractivity contribution in [1.29, 1.82) is 0 Å². The van der Waals surface area contributed by atoms with Crippen LogP contribution in [0, 0.1) is 0 Å². The van der Waals surface area contributed by atoms with E-state index < -0.39 is 24.6 Å². The summed E-state index contributed by atoms with van der Waals surface area (Å²) in [5.41, 5.74) is 0.592. The topological polar surface area (TPSA) is 27.7 Å². The molecule has 0 fully saturated rings. The summed E-state index contributed by atoms with van der Waals surface area (Å²) in [5.74, 6) is -3.00. The average Bonchev–Trinajstić information content (AvgIpc) is 2.72. The lowest BCUT2D eigenvalue weighted by Gasteiger charge is -2.27. The minimum Gasteiger partial charge on any atom is -0.494 e. The predicted octanol–water partition coefficient (Wildman–Crippen LogP) is 6.38. The zero-order chi connectivity index (χ0) is 22.3. The lowest BCUT2D eigenvalue weighted by atomic mass is 9.99. The number of alkyl halides is 4. The lowest BCUT2D eigenvalue weighted by Crippen LogP contribution is -2.31. The van der Waals surface area contributed by atoms with Gasteiger partial charge in [-0.2, -0.15) is 17.6 Å². The highest BCUT2D eigenvalue weighted by Crippen LogP contribution is 2.36. The molecule has 2 unspecified atom stereocenters. The van der Waals surface area contributed by atoms with Gasteiger partial charge in [0.2, 0.25) is 0 Å². The van der Waals surface area contributed by atoms with Crippen molar-refractivity contribution in [3.8, 4) is 11.5 Å². The Balaban J connectivity index is 1.59. The van der Waals surface area contributed by atoms with E-state index >= 15 is 4.39 Å². The zero-order valence-electron chi connectivity index (χ0n) is 17.1. The van der Waals surface area contributed by atoms with Gasteiger partial charge in [0, 0.05) is 6.42 Å². The van der Waals surface area contributed by atoms with E-state index in [0.717, 1.165) is 0 Å². The monoisotopic (exact) mass is 436 g/mol. The van der Waals surface area contributed by atoms with Gasteiger partial charge >= 0.3 is 6.18 Å². The van der Waals surface area contributed by atoms with Crippen LogP contribution in [0.2, 0.25) is 0 Å². The maximum atomic E-state index is 15.1. The third-order valence-electron chi connectivity index (χ3n) is 4.74. The van der Waals surface area contributed by atoms with Crippen LogP contribution >= 0.6 is 0 Å². The van der Waals surface area contributed by atoms with Crippen molar-refractivity contribution in [2.75, 3.05) is 19.8 Å². The molecule has 0 amide bonds. The van der Waals surface area contributed by atoms with E-state index in [9.17, 15) is 13.2 Å². The van der Waals surface area contributed by atoms with E-state index in [-0.39, 0.29) is 18.6 Å². The molecular formula is C24H24F4O3. The van der Waals surface area contributed by atoms with E-state index in [2.05, 4.69) is 0 Å². The second kappa shape index (κ2) is 10.0. The molecule has 2 atom stereocenters. The first-order valence-corrected chi connectivity index (χ1v) is 9.96. The molecule has 166 valence electrons. The van der Waals surface area contributed by atoms with Crippen LogP contribution in [0.25, 0.3) is 0 Å². The number of ether oxygens (including phenoxy) is 3. The SMILES string of the molecule is CCOc1ccc(C(COCC2=CC=CC(F)(Oc3ccccc3)C2)C(F)(F)F)cc1. The van der Waals surface area contributed by atoms with Crippen molar-refractivity contribution in [2.24, 2.45) is 0 Å². The molecule has 3 rings (SSSR count). The molecule has 0 aliphatic heterocycles. The van der Waals surface area contributed by atoms with E-state index in [1.807, 2.05) is 0 Å². The van der Waals surface area contributed by atoms with Gasteiger partial charge in [0.1, 0.15) is 17.4 Å². The number of rotatable bonds is 9. The minimum atomic E-state index is -4.48. The quantitative estimate of drug-likeness (QED) is 0.427. The average molecular weight is 436 g/mol. The molecular weight excluding hydrogens is 412 g/mol. The van der Waals surface area contributed by atoms with Crippen LogP contribution in [0.15, 0.2) is 78.4 Å². The van der Waals surface area contributed by atoms with Gasteiger partial charge in [0.05, 0.1) is 19.8 Å². The van der Waals surface area contributed by atoms with Crippen molar-refractivity contribution >= 4 is 0 Å². The molecule has 0 spiro atoms. The number of allylic oxidation sites excluding steroid dienone is 2. The molecule has 0 saturated carbocycles. The fourth-order valence-electron chi connectivity index (χ4n) is 3.26. The molecule has 1 aliphatic rings. The Morgan fingerprint density at radius 1 is 1.00 bits per heavy atom. The van der Waals surface area contributed by atoms with Gasteiger partial charge in [-0.05, 0) is 48.4 Å². The third-order valence-corrected chi connectivity index (χ3v) is 4.74. The number of hydrogen-bond acceptors (Lipinski definition) is 3. The normalized spacial score (nSPS) is 19.6. The summed E-state index contributed by atoms with van der Waals surface area (Å²) >= 11 is 0. The van der Waals surface area contributed by atoms with Crippen molar-refractivity contribution in [1.82, 2.24) is 0 Å². The van der Waals surface area contributed by atoms with Crippen LogP contribution in [0.4, 0.5) is 17.6 Å². The Labute approximate surface area is 178 Å². The standard InChI is InChI=1S/C24H24F4O3/c1-2-30-20-12-10-19(11-13-20)22(24(26,27)28)17-29-16-18-7-6-14-23(25,15-18)31-21-8-4-3-5-9-21/h3-14,22H,2,15-17H2,1H3. The summed E-state index contributed by atoms with van der Waals surface area (Å²) in [4.78, 5) is 0. The summed E-state index contributed by atoms with van der Waals surface area (Å²) < 4.78 is 71.8. The first-order valence-electron chi connectivity index (χ1n) is 9.96. The van der Waals surface area contributed by atoms with Crippen molar-refractivity contribution in [3.05, 3.63) is 84.0 Å². The Kier molecular flexibility index (Phi) is 7.38. The summed E-state index contributed by atoms with van der Waals surface area (Å²) in [5, 5.41) is 0. The molecule has 1 aliphatic carbocycles. The highest BCUT2D eigenvalue weighted by atomic mass is 19.4. The van der Waals surface area contributed by atoms with Crippen molar-refractivity contribution in [2.45, 2.75) is 31.3 Å². The highest BCUT2D eigenvalue weighted by molar-refractivity contribution is 5.31. The Bertz CT molecular complexity index is 891. The molecule has 0 heterocycles. The summed E-state index contributed by atoms with van der Waals surface area (Å²) in [6.07, 6.45) is -0.210. The fraction of sp³-hybridized carbons (Fsp3) is 0.333. The van der Waals surface area contributed by atoms with Gasteiger partial charge in [-0.25, -0.2) is 0 Å².